The van der Waals surface area contributed by atoms with Crippen molar-refractivity contribution >= 4 is 40.0 Å². The van der Waals surface area contributed by atoms with E-state index < -0.39 is 5.91 Å². The van der Waals surface area contributed by atoms with E-state index in [0.717, 1.165) is 16.5 Å². The number of hydrogen-bond donors (Lipinski definition) is 1. The molecule has 0 aliphatic rings. The summed E-state index contributed by atoms with van der Waals surface area (Å²) in [4.78, 5) is 19.8. The van der Waals surface area contributed by atoms with Crippen molar-refractivity contribution in [1.82, 2.24) is 9.97 Å². The Morgan fingerprint density at radius 1 is 1.05 bits per heavy atom. The van der Waals surface area contributed by atoms with Gasteiger partial charge in [0.1, 0.15) is 5.69 Å². The van der Waals surface area contributed by atoms with Crippen LogP contribution < -0.4 is 5.73 Å². The molecular formula is C15H9Cl2N3O. The van der Waals surface area contributed by atoms with Gasteiger partial charge in [0.2, 0.25) is 0 Å². The van der Waals surface area contributed by atoms with Crippen molar-refractivity contribution in [2.24, 2.45) is 5.73 Å². The van der Waals surface area contributed by atoms with Crippen LogP contribution in [0.2, 0.25) is 10.0 Å². The minimum Gasteiger partial charge on any atom is -0.364 e. The fourth-order valence-corrected chi connectivity index (χ4v) is 2.60. The van der Waals surface area contributed by atoms with Crippen molar-refractivity contribution in [3.05, 3.63) is 58.5 Å². The third kappa shape index (κ3) is 2.55. The van der Waals surface area contributed by atoms with Crippen LogP contribution >= 0.6 is 23.2 Å². The van der Waals surface area contributed by atoms with Crippen LogP contribution in [0.1, 0.15) is 10.5 Å². The van der Waals surface area contributed by atoms with Crippen molar-refractivity contribution in [1.29, 1.82) is 0 Å². The van der Waals surface area contributed by atoms with E-state index >= 15 is 0 Å². The van der Waals surface area contributed by atoms with E-state index in [9.17, 15) is 4.79 Å². The maximum atomic E-state index is 11.3. The van der Waals surface area contributed by atoms with Crippen LogP contribution in [0.15, 0.2) is 42.7 Å². The van der Waals surface area contributed by atoms with Crippen molar-refractivity contribution in [3.63, 3.8) is 0 Å². The largest absolute Gasteiger partial charge is 0.364 e. The van der Waals surface area contributed by atoms with E-state index in [0.29, 0.717) is 15.6 Å². The van der Waals surface area contributed by atoms with Crippen molar-refractivity contribution < 1.29 is 4.79 Å². The number of benzene rings is 1. The van der Waals surface area contributed by atoms with E-state index in [4.69, 9.17) is 28.9 Å². The number of halogens is 2. The number of aromatic nitrogens is 2. The van der Waals surface area contributed by atoms with Crippen LogP contribution in [0.5, 0.6) is 0 Å². The highest BCUT2D eigenvalue weighted by atomic mass is 35.5. The first kappa shape index (κ1) is 13.8. The van der Waals surface area contributed by atoms with Crippen molar-refractivity contribution in [3.8, 4) is 11.1 Å². The molecule has 0 aliphatic heterocycles. The normalized spacial score (nSPS) is 10.8. The Morgan fingerprint density at radius 3 is 2.57 bits per heavy atom. The lowest BCUT2D eigenvalue weighted by Gasteiger charge is -2.08. The number of hydrogen-bond acceptors (Lipinski definition) is 3. The average molecular weight is 318 g/mol. The molecule has 1 aromatic carbocycles. The van der Waals surface area contributed by atoms with E-state index in [1.165, 1.54) is 0 Å². The van der Waals surface area contributed by atoms with Crippen molar-refractivity contribution in [2.75, 3.05) is 0 Å². The SMILES string of the molecule is NC(=O)c1ccc2cncc(-c3ccc(Cl)cc3Cl)c2n1. The van der Waals surface area contributed by atoms with Crippen LogP contribution in [-0.2, 0) is 0 Å². The topological polar surface area (TPSA) is 68.9 Å². The molecule has 0 spiro atoms. The molecule has 2 N–H and O–H groups in total. The molecule has 21 heavy (non-hydrogen) atoms. The summed E-state index contributed by atoms with van der Waals surface area (Å²) in [5.41, 5.74) is 7.56. The third-order valence-electron chi connectivity index (χ3n) is 3.07. The molecule has 2 heterocycles. The van der Waals surface area contributed by atoms with Gasteiger partial charge < -0.3 is 5.73 Å². The average Bonchev–Trinajstić information content (AvgIpc) is 2.46. The smallest absolute Gasteiger partial charge is 0.267 e. The number of amides is 1. The predicted molar refractivity (Wildman–Crippen MR) is 83.5 cm³/mol. The fourth-order valence-electron chi connectivity index (χ4n) is 2.09. The Kier molecular flexibility index (Phi) is 3.49. The minimum atomic E-state index is -0.582. The molecule has 0 aliphatic carbocycles. The third-order valence-corrected chi connectivity index (χ3v) is 3.62. The van der Waals surface area contributed by atoms with Crippen molar-refractivity contribution in [2.45, 2.75) is 0 Å². The lowest BCUT2D eigenvalue weighted by atomic mass is 10.0. The number of fused-ring (bicyclic) bond motifs is 1. The van der Waals surface area contributed by atoms with E-state index in [1.54, 1.807) is 42.7 Å². The summed E-state index contributed by atoms with van der Waals surface area (Å²) in [7, 11) is 0. The quantitative estimate of drug-likeness (QED) is 0.783. The maximum absolute atomic E-state index is 11.3. The lowest BCUT2D eigenvalue weighted by molar-refractivity contribution is 0.0996. The highest BCUT2D eigenvalue weighted by Gasteiger charge is 2.12. The van der Waals surface area contributed by atoms with E-state index in [-0.39, 0.29) is 5.69 Å². The van der Waals surface area contributed by atoms with Crippen LogP contribution in [0, 0.1) is 0 Å². The van der Waals surface area contributed by atoms with Crippen LogP contribution in [-0.4, -0.2) is 15.9 Å². The van der Waals surface area contributed by atoms with Crippen LogP contribution in [0.3, 0.4) is 0 Å². The monoisotopic (exact) mass is 317 g/mol. The van der Waals surface area contributed by atoms with Gasteiger partial charge in [0.15, 0.2) is 0 Å². The fraction of sp³-hybridized carbons (Fsp3) is 0. The molecule has 0 fully saturated rings. The van der Waals surface area contributed by atoms with Crippen LogP contribution in [0.4, 0.5) is 0 Å². The number of nitrogens with two attached hydrogens (primary N) is 1. The zero-order valence-corrected chi connectivity index (χ0v) is 12.2. The first-order chi connectivity index (χ1) is 10.1. The summed E-state index contributed by atoms with van der Waals surface area (Å²) < 4.78 is 0. The Bertz CT molecular complexity index is 865. The lowest BCUT2D eigenvalue weighted by Crippen LogP contribution is -2.12. The molecule has 0 atom stereocenters. The maximum Gasteiger partial charge on any atom is 0.267 e. The summed E-state index contributed by atoms with van der Waals surface area (Å²) >= 11 is 12.1. The van der Waals surface area contributed by atoms with Gasteiger partial charge in [-0.2, -0.15) is 0 Å². The summed E-state index contributed by atoms with van der Waals surface area (Å²) in [6, 6.07) is 8.50. The van der Waals surface area contributed by atoms with Gasteiger partial charge in [-0.15, -0.1) is 0 Å². The zero-order valence-electron chi connectivity index (χ0n) is 10.7. The van der Waals surface area contributed by atoms with E-state index in [2.05, 4.69) is 9.97 Å². The molecule has 104 valence electrons. The van der Waals surface area contributed by atoms with Gasteiger partial charge in [-0.25, -0.2) is 4.98 Å². The molecule has 3 rings (SSSR count). The molecule has 3 aromatic rings. The number of carbonyl (C=O) groups excluding carboxylic acids is 1. The summed E-state index contributed by atoms with van der Waals surface area (Å²) in [6.45, 7) is 0. The van der Waals surface area contributed by atoms with Crippen LogP contribution in [0.25, 0.3) is 22.0 Å². The molecule has 0 bridgehead atoms. The highest BCUT2D eigenvalue weighted by molar-refractivity contribution is 6.36. The molecule has 0 unspecified atom stereocenters. The molecule has 0 radical (unpaired) electrons. The van der Waals surface area contributed by atoms with Gasteiger partial charge in [0, 0.05) is 33.9 Å². The predicted octanol–water partition coefficient (Wildman–Crippen LogP) is 3.70. The molecule has 2 aromatic heterocycles. The second-order valence-electron chi connectivity index (χ2n) is 4.44. The first-order valence-corrected chi connectivity index (χ1v) is 6.82. The van der Waals surface area contributed by atoms with Gasteiger partial charge >= 0.3 is 0 Å². The Hall–Kier alpha value is -2.17. The molecule has 6 heteroatoms. The Labute approximate surface area is 130 Å². The van der Waals surface area contributed by atoms with Gasteiger partial charge in [0.05, 0.1) is 10.5 Å². The number of carbonyl (C=O) groups is 1. The van der Waals surface area contributed by atoms with Gasteiger partial charge in [0.25, 0.3) is 5.91 Å². The number of pyridine rings is 2. The highest BCUT2D eigenvalue weighted by Crippen LogP contribution is 2.33. The second-order valence-corrected chi connectivity index (χ2v) is 5.29. The van der Waals surface area contributed by atoms with Gasteiger partial charge in [-0.3, -0.25) is 9.78 Å². The molecule has 0 saturated heterocycles. The number of rotatable bonds is 2. The summed E-state index contributed by atoms with van der Waals surface area (Å²) in [6.07, 6.45) is 3.32. The summed E-state index contributed by atoms with van der Waals surface area (Å²) in [5.74, 6) is -0.582. The molecule has 4 nitrogen and oxygen atoms in total. The standard InChI is InChI=1S/C15H9Cl2N3O/c16-9-2-3-10(12(17)5-9)11-7-19-6-8-1-4-13(15(18)21)20-14(8)11/h1-7H,(H2,18,21). The number of nitrogens with zero attached hydrogens (tertiary/aromatic N) is 2. The molecule has 0 saturated carbocycles. The number of primary amides is 1. The Morgan fingerprint density at radius 2 is 1.86 bits per heavy atom. The summed E-state index contributed by atoms with van der Waals surface area (Å²) in [5, 5.41) is 1.83. The van der Waals surface area contributed by atoms with Gasteiger partial charge in [-0.1, -0.05) is 29.3 Å². The second kappa shape index (κ2) is 5.31. The zero-order chi connectivity index (χ0) is 15.0. The van der Waals surface area contributed by atoms with Gasteiger partial charge in [-0.05, 0) is 24.3 Å². The minimum absolute atomic E-state index is 0.194. The Balaban J connectivity index is 2.31. The molecular weight excluding hydrogens is 309 g/mol. The first-order valence-electron chi connectivity index (χ1n) is 6.06. The molecule has 1 amide bonds. The van der Waals surface area contributed by atoms with E-state index in [1.807, 2.05) is 0 Å².